The summed E-state index contributed by atoms with van der Waals surface area (Å²) in [5.41, 5.74) is 1.97. The number of benzene rings is 2. The third-order valence-corrected chi connectivity index (χ3v) is 4.77. The first-order valence-corrected chi connectivity index (χ1v) is 10.3. The van der Waals surface area contributed by atoms with Crippen LogP contribution in [0.15, 0.2) is 40.9 Å². The second-order valence-electron chi connectivity index (χ2n) is 6.24. The van der Waals surface area contributed by atoms with Crippen LogP contribution in [0.25, 0.3) is 0 Å². The summed E-state index contributed by atoms with van der Waals surface area (Å²) in [7, 11) is 0. The average Bonchev–Trinajstić information content (AvgIpc) is 2.69. The van der Waals surface area contributed by atoms with E-state index in [-0.39, 0.29) is 12.4 Å². The summed E-state index contributed by atoms with van der Waals surface area (Å²) < 4.78 is 25.6. The van der Waals surface area contributed by atoms with Crippen molar-refractivity contribution >= 4 is 15.9 Å². The Morgan fingerprint density at radius 1 is 1.00 bits per heavy atom. The highest BCUT2D eigenvalue weighted by Gasteiger charge is 2.11. The van der Waals surface area contributed by atoms with Gasteiger partial charge in [-0.3, -0.25) is 0 Å². The zero-order chi connectivity index (χ0) is 20.2. The first-order valence-electron chi connectivity index (χ1n) is 9.48. The molecule has 154 valence electrons. The fourth-order valence-electron chi connectivity index (χ4n) is 2.60. The fraction of sp³-hybridized carbons (Fsp3) is 0.429. The van der Waals surface area contributed by atoms with E-state index in [9.17, 15) is 4.39 Å². The summed E-state index contributed by atoms with van der Waals surface area (Å²) >= 11 is 3.61. The molecule has 0 spiro atoms. The Hall–Kier alpha value is -1.67. The van der Waals surface area contributed by atoms with Gasteiger partial charge in [-0.05, 0) is 61.8 Å². The minimum atomic E-state index is -0.262. The number of hydrogen-bond acceptors (Lipinski definition) is 5. The maximum absolute atomic E-state index is 13.0. The van der Waals surface area contributed by atoms with Gasteiger partial charge in [0.2, 0.25) is 0 Å². The fourth-order valence-corrected chi connectivity index (χ4v) is 3.06. The predicted octanol–water partition coefficient (Wildman–Crippen LogP) is 3.63. The highest BCUT2D eigenvalue weighted by molar-refractivity contribution is 9.10. The second-order valence-corrected chi connectivity index (χ2v) is 7.10. The summed E-state index contributed by atoms with van der Waals surface area (Å²) in [6.07, 6.45) is 0.981. The number of halogens is 2. The average molecular weight is 455 g/mol. The third-order valence-electron chi connectivity index (χ3n) is 4.03. The highest BCUT2D eigenvalue weighted by Crippen LogP contribution is 2.34. The van der Waals surface area contributed by atoms with Gasteiger partial charge in [-0.1, -0.05) is 28.1 Å². The van der Waals surface area contributed by atoms with Crippen LogP contribution in [0, 0.1) is 5.82 Å². The first-order chi connectivity index (χ1) is 13.6. The topological polar surface area (TPSA) is 62.8 Å². The van der Waals surface area contributed by atoms with Crippen molar-refractivity contribution < 1.29 is 19.0 Å². The molecular weight excluding hydrogens is 427 g/mol. The standard InChI is InChI=1S/C21H28BrFN2O3/c1-2-27-20-12-17(14-25-9-3-8-24-10-11-26)19(22)13-21(20)28-15-16-4-6-18(23)7-5-16/h4-7,12-13,24-26H,2-3,8-11,14-15H2,1H3. The molecule has 3 N–H and O–H groups in total. The van der Waals surface area contributed by atoms with Gasteiger partial charge >= 0.3 is 0 Å². The van der Waals surface area contributed by atoms with Crippen molar-refractivity contribution in [2.24, 2.45) is 0 Å². The smallest absolute Gasteiger partial charge is 0.162 e. The van der Waals surface area contributed by atoms with E-state index in [0.29, 0.717) is 37.8 Å². The molecule has 0 aliphatic heterocycles. The molecule has 5 nitrogen and oxygen atoms in total. The van der Waals surface area contributed by atoms with Crippen LogP contribution in [-0.2, 0) is 13.2 Å². The number of aliphatic hydroxyl groups excluding tert-OH is 1. The van der Waals surface area contributed by atoms with E-state index in [4.69, 9.17) is 14.6 Å². The maximum Gasteiger partial charge on any atom is 0.162 e. The summed E-state index contributed by atoms with van der Waals surface area (Å²) in [4.78, 5) is 0. The van der Waals surface area contributed by atoms with Crippen molar-refractivity contribution in [2.75, 3.05) is 32.8 Å². The molecule has 2 aromatic carbocycles. The molecule has 2 aromatic rings. The lowest BCUT2D eigenvalue weighted by Gasteiger charge is -2.15. The molecule has 0 saturated carbocycles. The predicted molar refractivity (Wildman–Crippen MR) is 112 cm³/mol. The van der Waals surface area contributed by atoms with Crippen LogP contribution < -0.4 is 20.1 Å². The number of ether oxygens (including phenoxy) is 2. The van der Waals surface area contributed by atoms with Gasteiger partial charge < -0.3 is 25.2 Å². The molecule has 0 fully saturated rings. The largest absolute Gasteiger partial charge is 0.490 e. The van der Waals surface area contributed by atoms with Gasteiger partial charge in [-0.25, -0.2) is 4.39 Å². The number of rotatable bonds is 13. The Labute approximate surface area is 174 Å². The summed E-state index contributed by atoms with van der Waals surface area (Å²) in [6.45, 7) is 6.05. The zero-order valence-corrected chi connectivity index (χ0v) is 17.7. The lowest BCUT2D eigenvalue weighted by atomic mass is 10.2. The van der Waals surface area contributed by atoms with Crippen molar-refractivity contribution in [1.82, 2.24) is 10.6 Å². The molecule has 0 atom stereocenters. The Bertz CT molecular complexity index is 714. The molecule has 0 aliphatic carbocycles. The Morgan fingerprint density at radius 3 is 2.43 bits per heavy atom. The van der Waals surface area contributed by atoms with E-state index in [1.807, 2.05) is 19.1 Å². The number of nitrogens with one attached hydrogen (secondary N) is 2. The van der Waals surface area contributed by atoms with Crippen LogP contribution in [0.3, 0.4) is 0 Å². The number of hydrogen-bond donors (Lipinski definition) is 3. The van der Waals surface area contributed by atoms with Gasteiger partial charge in [0.15, 0.2) is 11.5 Å². The van der Waals surface area contributed by atoms with E-state index in [1.165, 1.54) is 12.1 Å². The van der Waals surface area contributed by atoms with Gasteiger partial charge in [0.1, 0.15) is 12.4 Å². The molecular formula is C21H28BrFN2O3. The lowest BCUT2D eigenvalue weighted by Crippen LogP contribution is -2.24. The van der Waals surface area contributed by atoms with Crippen molar-refractivity contribution in [3.8, 4) is 11.5 Å². The minimum absolute atomic E-state index is 0.163. The minimum Gasteiger partial charge on any atom is -0.490 e. The molecule has 0 aromatic heterocycles. The molecule has 0 bridgehead atoms. The maximum atomic E-state index is 13.0. The van der Waals surface area contributed by atoms with E-state index in [2.05, 4.69) is 26.6 Å². The van der Waals surface area contributed by atoms with Crippen LogP contribution in [0.4, 0.5) is 4.39 Å². The van der Waals surface area contributed by atoms with Crippen LogP contribution in [0.1, 0.15) is 24.5 Å². The van der Waals surface area contributed by atoms with Gasteiger partial charge in [0, 0.05) is 17.6 Å². The molecule has 0 amide bonds. The van der Waals surface area contributed by atoms with Gasteiger partial charge in [0.05, 0.1) is 13.2 Å². The zero-order valence-electron chi connectivity index (χ0n) is 16.1. The Kier molecular flexibility index (Phi) is 10.3. The van der Waals surface area contributed by atoms with E-state index < -0.39 is 0 Å². The van der Waals surface area contributed by atoms with E-state index in [1.54, 1.807) is 12.1 Å². The van der Waals surface area contributed by atoms with Crippen molar-refractivity contribution in [1.29, 1.82) is 0 Å². The Balaban J connectivity index is 1.93. The molecule has 0 heterocycles. The van der Waals surface area contributed by atoms with Crippen LogP contribution in [0.2, 0.25) is 0 Å². The number of aliphatic hydroxyl groups is 1. The van der Waals surface area contributed by atoms with Crippen molar-refractivity contribution in [3.05, 3.63) is 57.8 Å². The molecule has 0 radical (unpaired) electrons. The van der Waals surface area contributed by atoms with Gasteiger partial charge in [-0.15, -0.1) is 0 Å². The molecule has 0 unspecified atom stereocenters. The SMILES string of the molecule is CCOc1cc(CNCCCNCCO)c(Br)cc1OCc1ccc(F)cc1. The highest BCUT2D eigenvalue weighted by atomic mass is 79.9. The molecule has 7 heteroatoms. The Morgan fingerprint density at radius 2 is 1.71 bits per heavy atom. The summed E-state index contributed by atoms with van der Waals surface area (Å²) in [6, 6.07) is 10.1. The first kappa shape index (κ1) is 22.6. The monoisotopic (exact) mass is 454 g/mol. The molecule has 28 heavy (non-hydrogen) atoms. The van der Waals surface area contributed by atoms with Crippen LogP contribution >= 0.6 is 15.9 Å². The molecule has 0 saturated heterocycles. The van der Waals surface area contributed by atoms with Crippen LogP contribution in [0.5, 0.6) is 11.5 Å². The quantitative estimate of drug-likeness (QED) is 0.403. The van der Waals surface area contributed by atoms with Gasteiger partial charge in [0.25, 0.3) is 0 Å². The summed E-state index contributed by atoms with van der Waals surface area (Å²) in [5.74, 6) is 1.08. The van der Waals surface area contributed by atoms with E-state index >= 15 is 0 Å². The second kappa shape index (κ2) is 12.7. The lowest BCUT2D eigenvalue weighted by molar-refractivity contribution is 0.268. The third kappa shape index (κ3) is 7.75. The van der Waals surface area contributed by atoms with E-state index in [0.717, 1.165) is 35.1 Å². The van der Waals surface area contributed by atoms with Crippen molar-refractivity contribution in [2.45, 2.75) is 26.5 Å². The van der Waals surface area contributed by atoms with Crippen LogP contribution in [-0.4, -0.2) is 38.0 Å². The summed E-state index contributed by atoms with van der Waals surface area (Å²) in [5, 5.41) is 15.3. The molecule has 0 aliphatic rings. The van der Waals surface area contributed by atoms with Gasteiger partial charge in [-0.2, -0.15) is 0 Å². The normalized spacial score (nSPS) is 10.9. The van der Waals surface area contributed by atoms with Crippen molar-refractivity contribution in [3.63, 3.8) is 0 Å². The molecule has 2 rings (SSSR count).